The molecule has 272 valence electrons. The van der Waals surface area contributed by atoms with Gasteiger partial charge in [-0.2, -0.15) is 0 Å². The molecular weight excluding hydrogens is 709 g/mol. The number of hydrogen-bond donors (Lipinski definition) is 1. The average molecular weight is 743 g/mol. The van der Waals surface area contributed by atoms with Crippen LogP contribution >= 0.6 is 0 Å². The van der Waals surface area contributed by atoms with Crippen molar-refractivity contribution >= 4 is 77.0 Å². The quantitative estimate of drug-likeness (QED) is 0.191. The number of furan rings is 1. The molecule has 0 aliphatic carbocycles. The monoisotopic (exact) mass is 742 g/mol. The van der Waals surface area contributed by atoms with Gasteiger partial charge in [0, 0.05) is 38.2 Å². The molecule has 1 aliphatic heterocycles. The lowest BCUT2D eigenvalue weighted by atomic mass is 9.96. The Morgan fingerprint density at radius 1 is 0.448 bits per heavy atom. The van der Waals surface area contributed by atoms with Gasteiger partial charge in [0.1, 0.15) is 23.2 Å². The molecule has 0 saturated heterocycles. The van der Waals surface area contributed by atoms with Crippen LogP contribution in [0.15, 0.2) is 209 Å². The first-order chi connectivity index (χ1) is 28.7. The van der Waals surface area contributed by atoms with Gasteiger partial charge in [-0.1, -0.05) is 152 Å². The third-order valence-corrected chi connectivity index (χ3v) is 11.6. The van der Waals surface area contributed by atoms with Crippen molar-refractivity contribution in [2.24, 2.45) is 9.98 Å². The van der Waals surface area contributed by atoms with E-state index in [1.807, 2.05) is 30.3 Å². The number of hydrogen-bond acceptors (Lipinski definition) is 4. The number of nitrogens with zero attached hydrogens (tertiary/aromatic N) is 3. The molecule has 0 radical (unpaired) electrons. The molecule has 1 unspecified atom stereocenters. The second-order valence-electron chi connectivity index (χ2n) is 15.0. The Kier molecular flexibility index (Phi) is 7.23. The van der Waals surface area contributed by atoms with Gasteiger partial charge in [0.15, 0.2) is 5.84 Å². The van der Waals surface area contributed by atoms with Crippen LogP contribution in [0.5, 0.6) is 0 Å². The minimum atomic E-state index is -0.362. The highest BCUT2D eigenvalue weighted by Gasteiger charge is 2.26. The molecule has 0 amide bonds. The number of para-hydroxylation sites is 2. The minimum Gasteiger partial charge on any atom is -0.456 e. The summed E-state index contributed by atoms with van der Waals surface area (Å²) in [6, 6.07) is 68.7. The van der Waals surface area contributed by atoms with Gasteiger partial charge in [-0.3, -0.25) is 0 Å². The van der Waals surface area contributed by atoms with E-state index in [9.17, 15) is 0 Å². The number of benzene rings is 9. The highest BCUT2D eigenvalue weighted by atomic mass is 16.3. The molecule has 1 atom stereocenters. The number of amidine groups is 2. The third-order valence-electron chi connectivity index (χ3n) is 11.6. The fourth-order valence-electron chi connectivity index (χ4n) is 8.94. The number of rotatable bonds is 5. The Labute approximate surface area is 333 Å². The number of aromatic nitrogens is 1. The van der Waals surface area contributed by atoms with Gasteiger partial charge in [0.05, 0.1) is 16.7 Å². The van der Waals surface area contributed by atoms with Crippen molar-refractivity contribution in [2.75, 3.05) is 0 Å². The van der Waals surface area contributed by atoms with Crippen LogP contribution in [0.25, 0.3) is 82.1 Å². The smallest absolute Gasteiger partial charge is 0.160 e. The molecule has 0 bridgehead atoms. The Balaban J connectivity index is 1.10. The predicted octanol–water partition coefficient (Wildman–Crippen LogP) is 13.2. The van der Waals surface area contributed by atoms with E-state index in [4.69, 9.17) is 14.4 Å². The van der Waals surface area contributed by atoms with Crippen LogP contribution in [0.4, 0.5) is 0 Å². The standard InChI is InChI=1S/C53H34N4O/c1-2-15-33(16-3-1)51-54-52(56-53(55-51)42-25-14-28-49-50(42)41-24-11-13-27-48(41)58-49)40-23-9-8-21-38(40)39-22-10-12-26-45(39)57-46-31-36-19-6-4-17-34(36)29-43(46)44-30-35-18-5-7-20-37(35)32-47(44)57/h1-32,51H,(H,54,55,56). The second-order valence-corrected chi connectivity index (χ2v) is 15.0. The Bertz CT molecular complexity index is 3410. The largest absolute Gasteiger partial charge is 0.456 e. The molecule has 11 aromatic rings. The molecule has 0 saturated carbocycles. The number of nitrogens with one attached hydrogen (secondary N) is 1. The van der Waals surface area contributed by atoms with Crippen molar-refractivity contribution < 1.29 is 4.42 Å². The third kappa shape index (κ3) is 5.10. The van der Waals surface area contributed by atoms with E-state index in [-0.39, 0.29) is 6.17 Å². The summed E-state index contributed by atoms with van der Waals surface area (Å²) in [6.07, 6.45) is -0.362. The maximum absolute atomic E-state index is 6.33. The first kappa shape index (κ1) is 32.5. The van der Waals surface area contributed by atoms with Crippen molar-refractivity contribution in [3.8, 4) is 16.8 Å². The topological polar surface area (TPSA) is 54.8 Å². The van der Waals surface area contributed by atoms with Crippen molar-refractivity contribution in [1.29, 1.82) is 0 Å². The van der Waals surface area contributed by atoms with E-state index in [0.29, 0.717) is 5.84 Å². The zero-order chi connectivity index (χ0) is 38.2. The molecule has 1 N–H and O–H groups in total. The second kappa shape index (κ2) is 12.9. The fourth-order valence-corrected chi connectivity index (χ4v) is 8.94. The van der Waals surface area contributed by atoms with E-state index in [0.717, 1.165) is 72.3 Å². The summed E-state index contributed by atoms with van der Waals surface area (Å²) in [5.41, 5.74) is 10.2. The maximum atomic E-state index is 6.33. The number of fused-ring (bicyclic) bond motifs is 8. The zero-order valence-corrected chi connectivity index (χ0v) is 31.3. The molecule has 58 heavy (non-hydrogen) atoms. The molecule has 5 heteroatoms. The molecule has 12 rings (SSSR count). The minimum absolute atomic E-state index is 0.362. The lowest BCUT2D eigenvalue weighted by Gasteiger charge is -2.25. The first-order valence-electron chi connectivity index (χ1n) is 19.7. The molecule has 9 aromatic carbocycles. The summed E-state index contributed by atoms with van der Waals surface area (Å²) in [7, 11) is 0. The highest BCUT2D eigenvalue weighted by molar-refractivity contribution is 6.23. The first-order valence-corrected chi connectivity index (χ1v) is 19.7. The molecule has 0 fully saturated rings. The van der Waals surface area contributed by atoms with Gasteiger partial charge in [-0.15, -0.1) is 0 Å². The van der Waals surface area contributed by atoms with Crippen molar-refractivity contribution in [1.82, 2.24) is 9.88 Å². The fraction of sp³-hybridized carbons (Fsp3) is 0.0189. The van der Waals surface area contributed by atoms with Gasteiger partial charge >= 0.3 is 0 Å². The van der Waals surface area contributed by atoms with Crippen molar-refractivity contribution in [3.63, 3.8) is 0 Å². The summed E-state index contributed by atoms with van der Waals surface area (Å²) in [4.78, 5) is 10.8. The van der Waals surface area contributed by atoms with Crippen LogP contribution in [0.1, 0.15) is 22.9 Å². The lowest BCUT2D eigenvalue weighted by Crippen LogP contribution is -2.33. The summed E-state index contributed by atoms with van der Waals surface area (Å²) in [5, 5.41) is 13.1. The van der Waals surface area contributed by atoms with Crippen LogP contribution in [0.3, 0.4) is 0 Å². The summed E-state index contributed by atoms with van der Waals surface area (Å²) in [5.74, 6) is 1.41. The highest BCUT2D eigenvalue weighted by Crippen LogP contribution is 2.41. The van der Waals surface area contributed by atoms with Crippen LogP contribution in [-0.2, 0) is 0 Å². The number of aliphatic imine (C=N–C) groups is 2. The Hall–Kier alpha value is -7.76. The van der Waals surface area contributed by atoms with E-state index in [1.165, 1.54) is 32.3 Å². The van der Waals surface area contributed by atoms with Gasteiger partial charge in [0.2, 0.25) is 0 Å². The Morgan fingerprint density at radius 2 is 1.00 bits per heavy atom. The van der Waals surface area contributed by atoms with Crippen LogP contribution in [0, 0.1) is 0 Å². The van der Waals surface area contributed by atoms with Crippen LogP contribution in [-0.4, -0.2) is 16.2 Å². The van der Waals surface area contributed by atoms with Gasteiger partial charge in [-0.25, -0.2) is 9.98 Å². The van der Waals surface area contributed by atoms with Crippen LogP contribution < -0.4 is 5.32 Å². The zero-order valence-electron chi connectivity index (χ0n) is 31.3. The van der Waals surface area contributed by atoms with E-state index < -0.39 is 0 Å². The predicted molar refractivity (Wildman–Crippen MR) is 240 cm³/mol. The van der Waals surface area contributed by atoms with Gasteiger partial charge in [-0.05, 0) is 75.1 Å². The normalized spacial score (nSPS) is 14.4. The molecule has 2 aromatic heterocycles. The summed E-state index contributed by atoms with van der Waals surface area (Å²) < 4.78 is 8.78. The molecule has 0 spiro atoms. The van der Waals surface area contributed by atoms with Crippen molar-refractivity contribution in [3.05, 3.63) is 211 Å². The molecular formula is C53H34N4O. The maximum Gasteiger partial charge on any atom is 0.160 e. The average Bonchev–Trinajstić information content (AvgIpc) is 3.82. The van der Waals surface area contributed by atoms with E-state index >= 15 is 0 Å². The Morgan fingerprint density at radius 3 is 1.72 bits per heavy atom. The molecule has 3 heterocycles. The van der Waals surface area contributed by atoms with Gasteiger partial charge < -0.3 is 14.3 Å². The summed E-state index contributed by atoms with van der Waals surface area (Å²) in [6.45, 7) is 0. The van der Waals surface area contributed by atoms with E-state index in [1.54, 1.807) is 0 Å². The summed E-state index contributed by atoms with van der Waals surface area (Å²) >= 11 is 0. The van der Waals surface area contributed by atoms with Gasteiger partial charge in [0.25, 0.3) is 0 Å². The lowest BCUT2D eigenvalue weighted by molar-refractivity contribution is 0.667. The van der Waals surface area contributed by atoms with Crippen molar-refractivity contribution in [2.45, 2.75) is 6.17 Å². The SMILES string of the molecule is c1ccc(C2N=C(c3ccccc3-c3ccccc3-n3c4cc5ccccc5cc4c4cc5ccccc5cc43)N=C(c3cccc4oc5ccccc5c34)N2)cc1. The molecule has 5 nitrogen and oxygen atoms in total. The van der Waals surface area contributed by atoms with Crippen LogP contribution in [0.2, 0.25) is 0 Å². The van der Waals surface area contributed by atoms with E-state index in [2.05, 4.69) is 174 Å². The molecule has 1 aliphatic rings.